The Labute approximate surface area is 127 Å². The Hall–Kier alpha value is -1.10. The lowest BCUT2D eigenvalue weighted by molar-refractivity contribution is -0.138. The summed E-state index contributed by atoms with van der Waals surface area (Å²) in [6.45, 7) is 8.53. The molecule has 5 nitrogen and oxygen atoms in total. The maximum absolute atomic E-state index is 12.3. The number of likely N-dealkylation sites (tertiary alicyclic amines) is 1. The molecule has 0 bridgehead atoms. The van der Waals surface area contributed by atoms with E-state index in [9.17, 15) is 9.59 Å². The Morgan fingerprint density at radius 1 is 1.33 bits per heavy atom. The van der Waals surface area contributed by atoms with Crippen LogP contribution in [0.15, 0.2) is 0 Å². The first-order valence-corrected chi connectivity index (χ1v) is 7.93. The molecule has 0 radical (unpaired) electrons. The topological polar surface area (TPSA) is 83.6 Å². The van der Waals surface area contributed by atoms with Crippen LogP contribution in [0.25, 0.3) is 0 Å². The number of carbonyl (C=O) groups is 2. The summed E-state index contributed by atoms with van der Waals surface area (Å²) in [4.78, 5) is 24.8. The average Bonchev–Trinajstić information content (AvgIpc) is 2.80. The SMILES string of the molecule is CC(C)(C)C(CCN)CCC(=O)N1CCC(CC(=O)O)C1. The lowest BCUT2D eigenvalue weighted by atomic mass is 9.76. The van der Waals surface area contributed by atoms with Gasteiger partial charge < -0.3 is 15.7 Å². The standard InChI is InChI=1S/C16H30N2O3/c1-16(2,3)13(6-8-17)4-5-14(19)18-9-7-12(11-18)10-15(20)21/h12-13H,4-11,17H2,1-3H3,(H,20,21). The van der Waals surface area contributed by atoms with Crippen molar-refractivity contribution in [1.82, 2.24) is 4.90 Å². The van der Waals surface area contributed by atoms with Crippen LogP contribution in [-0.2, 0) is 9.59 Å². The highest BCUT2D eigenvalue weighted by molar-refractivity contribution is 5.76. The second kappa shape index (κ2) is 7.78. The van der Waals surface area contributed by atoms with Crippen LogP contribution in [0.4, 0.5) is 0 Å². The van der Waals surface area contributed by atoms with Gasteiger partial charge in [-0.25, -0.2) is 0 Å². The molecule has 5 heteroatoms. The van der Waals surface area contributed by atoms with Crippen LogP contribution in [0.2, 0.25) is 0 Å². The quantitative estimate of drug-likeness (QED) is 0.754. The van der Waals surface area contributed by atoms with Gasteiger partial charge in [-0.2, -0.15) is 0 Å². The monoisotopic (exact) mass is 298 g/mol. The predicted octanol–water partition coefficient (Wildman–Crippen LogP) is 2.10. The Morgan fingerprint density at radius 3 is 2.52 bits per heavy atom. The van der Waals surface area contributed by atoms with E-state index in [4.69, 9.17) is 10.8 Å². The first-order chi connectivity index (χ1) is 9.74. The zero-order chi connectivity index (χ0) is 16.0. The molecule has 0 aromatic heterocycles. The van der Waals surface area contributed by atoms with Crippen molar-refractivity contribution in [3.05, 3.63) is 0 Å². The lowest BCUT2D eigenvalue weighted by Gasteiger charge is -2.31. The van der Waals surface area contributed by atoms with Crippen molar-refractivity contribution in [3.8, 4) is 0 Å². The van der Waals surface area contributed by atoms with Gasteiger partial charge in [0.05, 0.1) is 0 Å². The van der Waals surface area contributed by atoms with Gasteiger partial charge in [0.15, 0.2) is 0 Å². The maximum atomic E-state index is 12.3. The highest BCUT2D eigenvalue weighted by Gasteiger charge is 2.29. The Kier molecular flexibility index (Phi) is 6.65. The van der Waals surface area contributed by atoms with Gasteiger partial charge >= 0.3 is 5.97 Å². The van der Waals surface area contributed by atoms with E-state index in [0.29, 0.717) is 32.0 Å². The molecule has 1 aliphatic rings. The Balaban J connectivity index is 2.41. The minimum absolute atomic E-state index is 0.119. The van der Waals surface area contributed by atoms with E-state index in [0.717, 1.165) is 19.3 Å². The van der Waals surface area contributed by atoms with E-state index < -0.39 is 5.97 Å². The summed E-state index contributed by atoms with van der Waals surface area (Å²) in [6.07, 6.45) is 3.32. The van der Waals surface area contributed by atoms with Crippen LogP contribution in [0.1, 0.15) is 52.9 Å². The second-order valence-electron chi connectivity index (χ2n) is 7.27. The maximum Gasteiger partial charge on any atom is 0.303 e. The molecule has 0 aliphatic carbocycles. The summed E-state index contributed by atoms with van der Waals surface area (Å²) < 4.78 is 0. The highest BCUT2D eigenvalue weighted by atomic mass is 16.4. The molecule has 1 saturated heterocycles. The molecule has 3 N–H and O–H groups in total. The van der Waals surface area contributed by atoms with Crippen LogP contribution < -0.4 is 5.73 Å². The van der Waals surface area contributed by atoms with Crippen LogP contribution in [-0.4, -0.2) is 41.5 Å². The summed E-state index contributed by atoms with van der Waals surface area (Å²) in [7, 11) is 0. The molecule has 0 spiro atoms. The Bertz CT molecular complexity index is 363. The van der Waals surface area contributed by atoms with Gasteiger partial charge in [0.1, 0.15) is 0 Å². The predicted molar refractivity (Wildman–Crippen MR) is 82.8 cm³/mol. The number of hydrogen-bond acceptors (Lipinski definition) is 3. The van der Waals surface area contributed by atoms with Crippen molar-refractivity contribution in [3.63, 3.8) is 0 Å². The van der Waals surface area contributed by atoms with Gasteiger partial charge in [-0.3, -0.25) is 9.59 Å². The van der Waals surface area contributed by atoms with E-state index >= 15 is 0 Å². The van der Waals surface area contributed by atoms with Crippen molar-refractivity contribution in [2.24, 2.45) is 23.0 Å². The fourth-order valence-corrected chi connectivity index (χ4v) is 3.14. The molecule has 21 heavy (non-hydrogen) atoms. The number of hydrogen-bond donors (Lipinski definition) is 2. The molecule has 1 aliphatic heterocycles. The largest absolute Gasteiger partial charge is 0.481 e. The van der Waals surface area contributed by atoms with Gasteiger partial charge in [0.25, 0.3) is 0 Å². The third kappa shape index (κ3) is 6.04. The fraction of sp³-hybridized carbons (Fsp3) is 0.875. The van der Waals surface area contributed by atoms with Gasteiger partial charge in [0, 0.05) is 25.9 Å². The number of rotatable bonds is 7. The van der Waals surface area contributed by atoms with Crippen LogP contribution in [0.3, 0.4) is 0 Å². The lowest BCUT2D eigenvalue weighted by Crippen LogP contribution is -2.31. The van der Waals surface area contributed by atoms with E-state index in [1.54, 1.807) is 0 Å². The summed E-state index contributed by atoms with van der Waals surface area (Å²) in [5.41, 5.74) is 5.83. The van der Waals surface area contributed by atoms with E-state index in [-0.39, 0.29) is 23.7 Å². The van der Waals surface area contributed by atoms with Crippen molar-refractivity contribution >= 4 is 11.9 Å². The van der Waals surface area contributed by atoms with Crippen LogP contribution in [0, 0.1) is 17.3 Å². The number of carbonyl (C=O) groups excluding carboxylic acids is 1. The molecule has 0 aromatic rings. The minimum Gasteiger partial charge on any atom is -0.481 e. The summed E-state index contributed by atoms with van der Waals surface area (Å²) in [6, 6.07) is 0. The van der Waals surface area contributed by atoms with Gasteiger partial charge in [-0.1, -0.05) is 20.8 Å². The summed E-state index contributed by atoms with van der Waals surface area (Å²) in [5.74, 6) is -0.0445. The summed E-state index contributed by atoms with van der Waals surface area (Å²) >= 11 is 0. The van der Waals surface area contributed by atoms with Crippen LogP contribution >= 0.6 is 0 Å². The smallest absolute Gasteiger partial charge is 0.303 e. The van der Waals surface area contributed by atoms with Crippen molar-refractivity contribution < 1.29 is 14.7 Å². The van der Waals surface area contributed by atoms with Gasteiger partial charge in [-0.15, -0.1) is 0 Å². The Morgan fingerprint density at radius 2 is 2.00 bits per heavy atom. The van der Waals surface area contributed by atoms with E-state index in [2.05, 4.69) is 20.8 Å². The molecule has 1 rings (SSSR count). The fourth-order valence-electron chi connectivity index (χ4n) is 3.14. The molecule has 1 amide bonds. The third-order valence-corrected chi connectivity index (χ3v) is 4.55. The molecule has 122 valence electrons. The number of amides is 1. The molecule has 2 atom stereocenters. The molecule has 2 unspecified atom stereocenters. The molecule has 1 heterocycles. The van der Waals surface area contributed by atoms with Gasteiger partial charge in [0.2, 0.25) is 5.91 Å². The minimum atomic E-state index is -0.773. The summed E-state index contributed by atoms with van der Waals surface area (Å²) in [5, 5.41) is 8.81. The molecule has 1 fully saturated rings. The van der Waals surface area contributed by atoms with Crippen LogP contribution in [0.5, 0.6) is 0 Å². The van der Waals surface area contributed by atoms with Gasteiger partial charge in [-0.05, 0) is 43.1 Å². The van der Waals surface area contributed by atoms with Crippen molar-refractivity contribution in [2.75, 3.05) is 19.6 Å². The first-order valence-electron chi connectivity index (χ1n) is 7.93. The second-order valence-corrected chi connectivity index (χ2v) is 7.27. The number of carboxylic acids is 1. The van der Waals surface area contributed by atoms with E-state index in [1.165, 1.54) is 0 Å². The van der Waals surface area contributed by atoms with E-state index in [1.807, 2.05) is 4.90 Å². The number of nitrogens with two attached hydrogens (primary N) is 1. The average molecular weight is 298 g/mol. The zero-order valence-electron chi connectivity index (χ0n) is 13.6. The molecular formula is C16H30N2O3. The molecular weight excluding hydrogens is 268 g/mol. The van der Waals surface area contributed by atoms with Crippen molar-refractivity contribution in [1.29, 1.82) is 0 Å². The first kappa shape index (κ1) is 18.0. The third-order valence-electron chi connectivity index (χ3n) is 4.55. The molecule has 0 saturated carbocycles. The molecule has 0 aromatic carbocycles. The normalized spacial score (nSPS) is 20.6. The van der Waals surface area contributed by atoms with Crippen molar-refractivity contribution in [2.45, 2.75) is 52.9 Å². The number of nitrogens with zero attached hydrogens (tertiary/aromatic N) is 1. The highest BCUT2D eigenvalue weighted by Crippen LogP contribution is 2.32. The number of aliphatic carboxylic acids is 1. The number of carboxylic acid groups (broad SMARTS) is 1. The zero-order valence-corrected chi connectivity index (χ0v) is 13.6.